The van der Waals surface area contributed by atoms with Crippen LogP contribution in [0.4, 0.5) is 4.39 Å². The standard InChI is InChI=1S/C13H13FN2O/c14-11-3-1-9(2-4-11)13-10(8-16-17-13)7-15-12-5-6-12/h1-4,8,12,15H,5-7H2. The van der Waals surface area contributed by atoms with E-state index in [2.05, 4.69) is 10.5 Å². The van der Waals surface area contributed by atoms with E-state index in [1.165, 1.54) is 25.0 Å². The third-order valence-electron chi connectivity index (χ3n) is 2.91. The van der Waals surface area contributed by atoms with Crippen molar-refractivity contribution in [3.63, 3.8) is 0 Å². The normalized spacial score (nSPS) is 15.1. The predicted octanol–water partition coefficient (Wildman–Crippen LogP) is 2.73. The molecule has 4 heteroatoms. The minimum absolute atomic E-state index is 0.245. The zero-order valence-corrected chi connectivity index (χ0v) is 9.32. The van der Waals surface area contributed by atoms with Crippen LogP contribution in [0.5, 0.6) is 0 Å². The first kappa shape index (κ1) is 10.5. The van der Waals surface area contributed by atoms with Gasteiger partial charge in [0.1, 0.15) is 5.82 Å². The van der Waals surface area contributed by atoms with Gasteiger partial charge in [-0.05, 0) is 37.1 Å². The van der Waals surface area contributed by atoms with Crippen molar-refractivity contribution in [3.8, 4) is 11.3 Å². The van der Waals surface area contributed by atoms with Crippen LogP contribution in [-0.4, -0.2) is 11.2 Å². The maximum absolute atomic E-state index is 12.8. The summed E-state index contributed by atoms with van der Waals surface area (Å²) in [7, 11) is 0. The van der Waals surface area contributed by atoms with Gasteiger partial charge >= 0.3 is 0 Å². The molecule has 0 saturated heterocycles. The van der Waals surface area contributed by atoms with E-state index in [0.29, 0.717) is 6.04 Å². The minimum Gasteiger partial charge on any atom is -0.356 e. The molecule has 1 saturated carbocycles. The van der Waals surface area contributed by atoms with Crippen molar-refractivity contribution in [3.05, 3.63) is 41.8 Å². The molecule has 1 aliphatic rings. The predicted molar refractivity (Wildman–Crippen MR) is 61.8 cm³/mol. The van der Waals surface area contributed by atoms with Gasteiger partial charge in [-0.15, -0.1) is 0 Å². The second-order valence-corrected chi connectivity index (χ2v) is 4.34. The summed E-state index contributed by atoms with van der Waals surface area (Å²) < 4.78 is 18.1. The van der Waals surface area contributed by atoms with Crippen molar-refractivity contribution in [1.82, 2.24) is 10.5 Å². The van der Waals surface area contributed by atoms with E-state index in [-0.39, 0.29) is 5.82 Å². The first-order chi connectivity index (χ1) is 8.33. The number of hydrogen-bond donors (Lipinski definition) is 1. The van der Waals surface area contributed by atoms with Gasteiger partial charge in [-0.1, -0.05) is 5.16 Å². The second kappa shape index (κ2) is 4.30. The quantitative estimate of drug-likeness (QED) is 0.880. The van der Waals surface area contributed by atoms with Crippen molar-refractivity contribution in [2.24, 2.45) is 0 Å². The van der Waals surface area contributed by atoms with Crippen LogP contribution in [0.3, 0.4) is 0 Å². The fraction of sp³-hybridized carbons (Fsp3) is 0.308. The average Bonchev–Trinajstić information content (AvgIpc) is 3.06. The molecule has 1 aromatic carbocycles. The maximum Gasteiger partial charge on any atom is 0.171 e. The summed E-state index contributed by atoms with van der Waals surface area (Å²) in [6, 6.07) is 6.91. The Morgan fingerprint density at radius 3 is 2.76 bits per heavy atom. The lowest BCUT2D eigenvalue weighted by molar-refractivity contribution is 0.431. The topological polar surface area (TPSA) is 38.1 Å². The van der Waals surface area contributed by atoms with Crippen molar-refractivity contribution < 1.29 is 8.91 Å². The van der Waals surface area contributed by atoms with Gasteiger partial charge in [-0.3, -0.25) is 0 Å². The minimum atomic E-state index is -0.245. The molecule has 3 rings (SSSR count). The Morgan fingerprint density at radius 2 is 2.06 bits per heavy atom. The summed E-state index contributed by atoms with van der Waals surface area (Å²) in [4.78, 5) is 0. The van der Waals surface area contributed by atoms with Crippen LogP contribution >= 0.6 is 0 Å². The summed E-state index contributed by atoms with van der Waals surface area (Å²) >= 11 is 0. The molecule has 2 aromatic rings. The van der Waals surface area contributed by atoms with E-state index >= 15 is 0 Å². The molecule has 0 bridgehead atoms. The van der Waals surface area contributed by atoms with Gasteiger partial charge in [0, 0.05) is 23.7 Å². The molecule has 0 spiro atoms. The molecule has 0 unspecified atom stereocenters. The Balaban J connectivity index is 1.81. The van der Waals surface area contributed by atoms with Crippen LogP contribution in [0, 0.1) is 5.82 Å². The Kier molecular flexibility index (Phi) is 2.65. The molecule has 1 aliphatic carbocycles. The lowest BCUT2D eigenvalue weighted by Crippen LogP contribution is -2.15. The zero-order chi connectivity index (χ0) is 11.7. The molecule has 1 fully saturated rings. The Hall–Kier alpha value is -1.68. The SMILES string of the molecule is Fc1ccc(-c2oncc2CNC2CC2)cc1. The van der Waals surface area contributed by atoms with E-state index in [0.717, 1.165) is 23.4 Å². The molecule has 88 valence electrons. The van der Waals surface area contributed by atoms with E-state index < -0.39 is 0 Å². The summed E-state index contributed by atoms with van der Waals surface area (Å²) in [6.07, 6.45) is 4.21. The van der Waals surface area contributed by atoms with Gasteiger partial charge in [0.25, 0.3) is 0 Å². The van der Waals surface area contributed by atoms with Crippen LogP contribution in [0.2, 0.25) is 0 Å². The van der Waals surface area contributed by atoms with Gasteiger partial charge in [0.2, 0.25) is 0 Å². The van der Waals surface area contributed by atoms with Crippen molar-refractivity contribution in [2.75, 3.05) is 0 Å². The smallest absolute Gasteiger partial charge is 0.171 e. The lowest BCUT2D eigenvalue weighted by atomic mass is 10.1. The molecule has 1 heterocycles. The summed E-state index contributed by atoms with van der Waals surface area (Å²) in [5.41, 5.74) is 1.88. The zero-order valence-electron chi connectivity index (χ0n) is 9.32. The highest BCUT2D eigenvalue weighted by Crippen LogP contribution is 2.25. The Morgan fingerprint density at radius 1 is 1.29 bits per heavy atom. The third kappa shape index (κ3) is 2.36. The molecular weight excluding hydrogens is 219 g/mol. The molecular formula is C13H13FN2O. The molecule has 1 aromatic heterocycles. The first-order valence-corrected chi connectivity index (χ1v) is 5.76. The number of nitrogens with zero attached hydrogens (tertiary/aromatic N) is 1. The number of benzene rings is 1. The summed E-state index contributed by atoms with van der Waals surface area (Å²) in [6.45, 7) is 0.751. The summed E-state index contributed by atoms with van der Waals surface area (Å²) in [5.74, 6) is 0.476. The highest BCUT2D eigenvalue weighted by atomic mass is 19.1. The largest absolute Gasteiger partial charge is 0.356 e. The molecule has 3 nitrogen and oxygen atoms in total. The van der Waals surface area contributed by atoms with Crippen molar-refractivity contribution in [1.29, 1.82) is 0 Å². The number of rotatable bonds is 4. The van der Waals surface area contributed by atoms with Gasteiger partial charge in [-0.2, -0.15) is 0 Å². The highest BCUT2D eigenvalue weighted by molar-refractivity contribution is 5.60. The molecule has 0 aliphatic heterocycles. The van der Waals surface area contributed by atoms with E-state index in [1.807, 2.05) is 0 Å². The lowest BCUT2D eigenvalue weighted by Gasteiger charge is -2.02. The molecule has 0 atom stereocenters. The number of aromatic nitrogens is 1. The van der Waals surface area contributed by atoms with Gasteiger partial charge in [-0.25, -0.2) is 4.39 Å². The average molecular weight is 232 g/mol. The molecule has 0 radical (unpaired) electrons. The van der Waals surface area contributed by atoms with Crippen LogP contribution in [0.25, 0.3) is 11.3 Å². The van der Waals surface area contributed by atoms with Crippen LogP contribution in [0.15, 0.2) is 35.0 Å². The molecule has 0 amide bonds. The second-order valence-electron chi connectivity index (χ2n) is 4.34. The molecule has 1 N–H and O–H groups in total. The van der Waals surface area contributed by atoms with Gasteiger partial charge < -0.3 is 9.84 Å². The van der Waals surface area contributed by atoms with E-state index in [4.69, 9.17) is 4.52 Å². The van der Waals surface area contributed by atoms with Crippen LogP contribution in [0.1, 0.15) is 18.4 Å². The Bertz CT molecular complexity index is 502. The molecule has 17 heavy (non-hydrogen) atoms. The Labute approximate surface area is 98.6 Å². The third-order valence-corrected chi connectivity index (χ3v) is 2.91. The first-order valence-electron chi connectivity index (χ1n) is 5.76. The van der Waals surface area contributed by atoms with Crippen molar-refractivity contribution in [2.45, 2.75) is 25.4 Å². The summed E-state index contributed by atoms with van der Waals surface area (Å²) in [5, 5.41) is 7.22. The monoisotopic (exact) mass is 232 g/mol. The number of hydrogen-bond acceptors (Lipinski definition) is 3. The van der Waals surface area contributed by atoms with E-state index in [9.17, 15) is 4.39 Å². The maximum atomic E-state index is 12.8. The number of halogens is 1. The van der Waals surface area contributed by atoms with Crippen LogP contribution in [-0.2, 0) is 6.54 Å². The van der Waals surface area contributed by atoms with Gasteiger partial charge in [0.15, 0.2) is 5.76 Å². The van der Waals surface area contributed by atoms with E-state index in [1.54, 1.807) is 18.3 Å². The highest BCUT2D eigenvalue weighted by Gasteiger charge is 2.21. The fourth-order valence-electron chi connectivity index (χ4n) is 1.77. The van der Waals surface area contributed by atoms with Crippen molar-refractivity contribution >= 4 is 0 Å². The number of nitrogens with one attached hydrogen (secondary N) is 1. The van der Waals surface area contributed by atoms with Crippen LogP contribution < -0.4 is 5.32 Å². The van der Waals surface area contributed by atoms with Gasteiger partial charge in [0.05, 0.1) is 6.20 Å². The fourth-order valence-corrected chi connectivity index (χ4v) is 1.77.